The van der Waals surface area contributed by atoms with Crippen LogP contribution in [-0.2, 0) is 0 Å². The third kappa shape index (κ3) is 2.65. The van der Waals surface area contributed by atoms with E-state index in [9.17, 15) is 9.90 Å². The predicted molar refractivity (Wildman–Crippen MR) is 77.5 cm³/mol. The Morgan fingerprint density at radius 1 is 1.15 bits per heavy atom. The zero-order chi connectivity index (χ0) is 13.9. The van der Waals surface area contributed by atoms with E-state index in [2.05, 4.69) is 10.3 Å². The first kappa shape index (κ1) is 13.1. The molecule has 20 heavy (non-hydrogen) atoms. The van der Waals surface area contributed by atoms with Crippen molar-refractivity contribution in [2.24, 2.45) is 0 Å². The predicted octanol–water partition coefficient (Wildman–Crippen LogP) is 2.27. The van der Waals surface area contributed by atoms with Crippen LogP contribution in [0.3, 0.4) is 0 Å². The van der Waals surface area contributed by atoms with Crippen LogP contribution < -0.4 is 5.32 Å². The molecule has 0 saturated heterocycles. The van der Waals surface area contributed by atoms with E-state index < -0.39 is 6.10 Å². The highest BCUT2D eigenvalue weighted by atomic mass is 16.3. The molecule has 1 amide bonds. The number of aromatic nitrogens is 1. The van der Waals surface area contributed by atoms with E-state index in [0.717, 1.165) is 36.6 Å². The Kier molecular flexibility index (Phi) is 3.65. The van der Waals surface area contributed by atoms with Gasteiger partial charge in [-0.15, -0.1) is 0 Å². The Morgan fingerprint density at radius 2 is 1.95 bits per heavy atom. The van der Waals surface area contributed by atoms with Crippen molar-refractivity contribution in [1.29, 1.82) is 0 Å². The van der Waals surface area contributed by atoms with E-state index in [0.29, 0.717) is 5.69 Å². The molecule has 3 rings (SSSR count). The van der Waals surface area contributed by atoms with Crippen molar-refractivity contribution in [2.45, 2.75) is 37.8 Å². The summed E-state index contributed by atoms with van der Waals surface area (Å²) >= 11 is 0. The molecule has 2 aromatic rings. The van der Waals surface area contributed by atoms with Gasteiger partial charge in [-0.1, -0.05) is 37.1 Å². The molecule has 0 aliphatic heterocycles. The number of hydrogen-bond acceptors (Lipinski definition) is 3. The maximum atomic E-state index is 12.2. The molecule has 1 aromatic heterocycles. The highest BCUT2D eigenvalue weighted by Gasteiger charge is 2.25. The minimum absolute atomic E-state index is 0.149. The molecule has 2 unspecified atom stereocenters. The van der Waals surface area contributed by atoms with E-state index in [1.165, 1.54) is 0 Å². The average Bonchev–Trinajstić information content (AvgIpc) is 2.49. The normalized spacial score (nSPS) is 22.6. The summed E-state index contributed by atoms with van der Waals surface area (Å²) < 4.78 is 0. The quantitative estimate of drug-likeness (QED) is 0.880. The van der Waals surface area contributed by atoms with Gasteiger partial charge in [0.1, 0.15) is 5.69 Å². The molecule has 0 spiro atoms. The lowest BCUT2D eigenvalue weighted by molar-refractivity contribution is 0.0714. The zero-order valence-electron chi connectivity index (χ0n) is 11.2. The molecule has 1 aromatic carbocycles. The highest BCUT2D eigenvalue weighted by molar-refractivity contribution is 5.95. The summed E-state index contributed by atoms with van der Waals surface area (Å²) in [5.41, 5.74) is 1.21. The Morgan fingerprint density at radius 3 is 2.80 bits per heavy atom. The maximum absolute atomic E-state index is 12.2. The largest absolute Gasteiger partial charge is 0.391 e. The number of aliphatic hydroxyl groups excluding tert-OH is 1. The van der Waals surface area contributed by atoms with Crippen LogP contribution >= 0.6 is 0 Å². The molecule has 4 heteroatoms. The minimum atomic E-state index is -0.437. The first-order valence-corrected chi connectivity index (χ1v) is 7.09. The number of carbonyl (C=O) groups is 1. The van der Waals surface area contributed by atoms with Crippen molar-refractivity contribution >= 4 is 16.8 Å². The third-order valence-electron chi connectivity index (χ3n) is 3.88. The minimum Gasteiger partial charge on any atom is -0.391 e. The Bertz CT molecular complexity index is 627. The first-order chi connectivity index (χ1) is 9.74. The number of aliphatic hydroxyl groups is 1. The number of hydrogen-bond donors (Lipinski definition) is 2. The Balaban J connectivity index is 1.78. The number of rotatable bonds is 2. The topological polar surface area (TPSA) is 62.2 Å². The van der Waals surface area contributed by atoms with Crippen LogP contribution in [-0.4, -0.2) is 28.1 Å². The summed E-state index contributed by atoms with van der Waals surface area (Å²) in [7, 11) is 0. The molecule has 1 fully saturated rings. The van der Waals surface area contributed by atoms with E-state index >= 15 is 0 Å². The zero-order valence-corrected chi connectivity index (χ0v) is 11.2. The Labute approximate surface area is 117 Å². The lowest BCUT2D eigenvalue weighted by Crippen LogP contribution is -2.45. The summed E-state index contributed by atoms with van der Waals surface area (Å²) in [6.45, 7) is 0. The smallest absolute Gasteiger partial charge is 0.270 e. The molecular formula is C16H18N2O2. The average molecular weight is 270 g/mol. The van der Waals surface area contributed by atoms with Crippen LogP contribution in [0, 0.1) is 0 Å². The molecule has 2 N–H and O–H groups in total. The van der Waals surface area contributed by atoms with E-state index in [1.54, 1.807) is 6.07 Å². The van der Waals surface area contributed by atoms with E-state index in [4.69, 9.17) is 0 Å². The van der Waals surface area contributed by atoms with Gasteiger partial charge in [-0.05, 0) is 25.0 Å². The molecule has 1 aliphatic carbocycles. The summed E-state index contributed by atoms with van der Waals surface area (Å²) in [4.78, 5) is 16.6. The van der Waals surface area contributed by atoms with Gasteiger partial charge in [0.2, 0.25) is 0 Å². The number of nitrogens with zero attached hydrogens (tertiary/aromatic N) is 1. The van der Waals surface area contributed by atoms with Crippen molar-refractivity contribution in [3.05, 3.63) is 42.1 Å². The van der Waals surface area contributed by atoms with Crippen LogP contribution in [0.2, 0.25) is 0 Å². The fourth-order valence-electron chi connectivity index (χ4n) is 2.71. The highest BCUT2D eigenvalue weighted by Crippen LogP contribution is 2.19. The van der Waals surface area contributed by atoms with Crippen molar-refractivity contribution in [3.8, 4) is 0 Å². The number of pyridine rings is 1. The molecule has 0 radical (unpaired) electrons. The van der Waals surface area contributed by atoms with Crippen molar-refractivity contribution in [3.63, 3.8) is 0 Å². The van der Waals surface area contributed by atoms with Gasteiger partial charge in [0.15, 0.2) is 0 Å². The van der Waals surface area contributed by atoms with Gasteiger partial charge in [-0.25, -0.2) is 4.98 Å². The number of carbonyl (C=O) groups excluding carboxylic acids is 1. The Hall–Kier alpha value is -1.94. The second kappa shape index (κ2) is 5.59. The summed E-state index contributed by atoms with van der Waals surface area (Å²) in [6, 6.07) is 11.2. The van der Waals surface area contributed by atoms with Crippen LogP contribution in [0.1, 0.15) is 36.2 Å². The lowest BCUT2D eigenvalue weighted by atomic mass is 9.92. The third-order valence-corrected chi connectivity index (χ3v) is 3.88. The molecule has 104 valence electrons. The van der Waals surface area contributed by atoms with Gasteiger partial charge < -0.3 is 10.4 Å². The molecule has 1 heterocycles. The summed E-state index contributed by atoms with van der Waals surface area (Å²) in [5, 5.41) is 13.8. The van der Waals surface area contributed by atoms with Gasteiger partial charge in [0, 0.05) is 5.39 Å². The summed E-state index contributed by atoms with van der Waals surface area (Å²) in [6.07, 6.45) is 3.24. The molecular weight excluding hydrogens is 252 g/mol. The van der Waals surface area contributed by atoms with Gasteiger partial charge >= 0.3 is 0 Å². The van der Waals surface area contributed by atoms with Crippen molar-refractivity contribution in [1.82, 2.24) is 10.3 Å². The number of benzene rings is 1. The molecule has 1 aliphatic rings. The molecule has 4 nitrogen and oxygen atoms in total. The molecule has 0 bridgehead atoms. The van der Waals surface area contributed by atoms with Crippen molar-refractivity contribution < 1.29 is 9.90 Å². The monoisotopic (exact) mass is 270 g/mol. The maximum Gasteiger partial charge on any atom is 0.270 e. The van der Waals surface area contributed by atoms with Crippen LogP contribution in [0.4, 0.5) is 0 Å². The standard InChI is InChI=1S/C16H18N2O2/c19-15-8-4-3-7-13(15)18-16(20)14-10-9-11-5-1-2-6-12(11)17-14/h1-2,5-6,9-10,13,15,19H,3-4,7-8H2,(H,18,20). The molecule has 2 atom stereocenters. The van der Waals surface area contributed by atoms with Crippen LogP contribution in [0.5, 0.6) is 0 Å². The van der Waals surface area contributed by atoms with Crippen LogP contribution in [0.15, 0.2) is 36.4 Å². The number of para-hydroxylation sites is 1. The van der Waals surface area contributed by atoms with Gasteiger partial charge in [-0.2, -0.15) is 0 Å². The van der Waals surface area contributed by atoms with E-state index in [-0.39, 0.29) is 11.9 Å². The first-order valence-electron chi connectivity index (χ1n) is 7.09. The summed E-state index contributed by atoms with van der Waals surface area (Å²) in [5.74, 6) is -0.207. The van der Waals surface area contributed by atoms with Crippen molar-refractivity contribution in [2.75, 3.05) is 0 Å². The van der Waals surface area contributed by atoms with Gasteiger partial charge in [0.25, 0.3) is 5.91 Å². The fraction of sp³-hybridized carbons (Fsp3) is 0.375. The lowest BCUT2D eigenvalue weighted by Gasteiger charge is -2.28. The van der Waals surface area contributed by atoms with Gasteiger partial charge in [-0.3, -0.25) is 4.79 Å². The number of amides is 1. The second-order valence-corrected chi connectivity index (χ2v) is 5.32. The fourth-order valence-corrected chi connectivity index (χ4v) is 2.71. The number of nitrogens with one attached hydrogen (secondary N) is 1. The molecule has 1 saturated carbocycles. The van der Waals surface area contributed by atoms with E-state index in [1.807, 2.05) is 30.3 Å². The SMILES string of the molecule is O=C(NC1CCCCC1O)c1ccc2ccccc2n1. The second-order valence-electron chi connectivity index (χ2n) is 5.32. The number of fused-ring (bicyclic) bond motifs is 1. The van der Waals surface area contributed by atoms with Gasteiger partial charge in [0.05, 0.1) is 17.7 Å². The van der Waals surface area contributed by atoms with Crippen LogP contribution in [0.25, 0.3) is 10.9 Å².